The maximum Gasteiger partial charge on any atom is 0.347 e. The van der Waals surface area contributed by atoms with Crippen molar-refractivity contribution in [3.05, 3.63) is 39.5 Å². The van der Waals surface area contributed by atoms with Crippen molar-refractivity contribution in [1.29, 1.82) is 0 Å². The number of halogens is 1. The number of carboxylic acids is 1. The zero-order chi connectivity index (χ0) is 17.6. The van der Waals surface area contributed by atoms with Crippen LogP contribution in [0.25, 0.3) is 21.5 Å². The second-order valence-corrected chi connectivity index (χ2v) is 8.06. The molecule has 0 aliphatic heterocycles. The molecule has 2 N–H and O–H groups in total. The predicted octanol–water partition coefficient (Wildman–Crippen LogP) is 6.00. The number of fused-ring (bicyclic) bond motifs is 1. The van der Waals surface area contributed by atoms with Crippen LogP contribution in [0.2, 0.25) is 5.02 Å². The van der Waals surface area contributed by atoms with E-state index in [9.17, 15) is 9.90 Å². The minimum atomic E-state index is -0.929. The maximum atomic E-state index is 11.3. The fraction of sp³-hybridized carbons (Fsp3) is 0.368. The first-order valence-electron chi connectivity index (χ1n) is 8.57. The second kappa shape index (κ2) is 6.46. The molecule has 1 fully saturated rings. The van der Waals surface area contributed by atoms with E-state index in [0.717, 1.165) is 27.2 Å². The summed E-state index contributed by atoms with van der Waals surface area (Å²) in [5, 5.41) is 11.7. The molecular weight excluding hydrogens is 356 g/mol. The van der Waals surface area contributed by atoms with Crippen LogP contribution in [0.15, 0.2) is 18.2 Å². The van der Waals surface area contributed by atoms with E-state index >= 15 is 0 Å². The van der Waals surface area contributed by atoms with Crippen molar-refractivity contribution in [2.75, 3.05) is 0 Å². The third-order valence-electron chi connectivity index (χ3n) is 5.01. The number of aromatic carboxylic acids is 1. The van der Waals surface area contributed by atoms with Crippen LogP contribution in [0.3, 0.4) is 0 Å². The Morgan fingerprint density at radius 2 is 2.08 bits per heavy atom. The zero-order valence-corrected chi connectivity index (χ0v) is 15.5. The van der Waals surface area contributed by atoms with Crippen molar-refractivity contribution < 1.29 is 9.90 Å². The molecule has 1 aliphatic rings. The summed E-state index contributed by atoms with van der Waals surface area (Å²) in [6.45, 7) is 1.73. The number of nitrogens with zero attached hydrogens (tertiary/aromatic N) is 1. The first-order valence-corrected chi connectivity index (χ1v) is 9.76. The van der Waals surface area contributed by atoms with Crippen molar-refractivity contribution in [3.8, 4) is 10.6 Å². The Hall–Kier alpha value is -1.85. The van der Waals surface area contributed by atoms with E-state index < -0.39 is 5.97 Å². The summed E-state index contributed by atoms with van der Waals surface area (Å²) >= 11 is 7.90. The molecule has 2 heterocycles. The third-order valence-corrected chi connectivity index (χ3v) is 6.61. The number of aromatic amines is 1. The van der Waals surface area contributed by atoms with Gasteiger partial charge in [-0.1, -0.05) is 30.9 Å². The van der Waals surface area contributed by atoms with Gasteiger partial charge in [-0.2, -0.15) is 0 Å². The van der Waals surface area contributed by atoms with Crippen LogP contribution in [-0.4, -0.2) is 21.0 Å². The highest BCUT2D eigenvalue weighted by molar-refractivity contribution is 7.17. The molecule has 25 heavy (non-hydrogen) atoms. The third kappa shape index (κ3) is 2.96. The van der Waals surface area contributed by atoms with Gasteiger partial charge in [-0.15, -0.1) is 11.3 Å². The lowest BCUT2D eigenvalue weighted by molar-refractivity contribution is 0.0701. The number of hydrogen-bond donors (Lipinski definition) is 2. The van der Waals surface area contributed by atoms with Gasteiger partial charge in [0.1, 0.15) is 9.88 Å². The Morgan fingerprint density at radius 1 is 1.32 bits per heavy atom. The lowest BCUT2D eigenvalue weighted by Gasteiger charge is -2.20. The van der Waals surface area contributed by atoms with E-state index in [1.165, 1.54) is 43.4 Å². The molecule has 0 radical (unpaired) electrons. The van der Waals surface area contributed by atoms with Crippen LogP contribution in [-0.2, 0) is 0 Å². The molecule has 0 bridgehead atoms. The number of thiazole rings is 1. The Bertz CT molecular complexity index is 954. The molecule has 2 aromatic heterocycles. The van der Waals surface area contributed by atoms with Crippen molar-refractivity contribution in [2.45, 2.75) is 44.9 Å². The van der Waals surface area contributed by atoms with E-state index in [1.807, 2.05) is 18.2 Å². The molecule has 1 aliphatic carbocycles. The van der Waals surface area contributed by atoms with Gasteiger partial charge in [0.15, 0.2) is 0 Å². The summed E-state index contributed by atoms with van der Waals surface area (Å²) in [7, 11) is 0. The Labute approximate surface area is 154 Å². The van der Waals surface area contributed by atoms with Crippen molar-refractivity contribution in [3.63, 3.8) is 0 Å². The molecule has 0 saturated heterocycles. The highest BCUT2D eigenvalue weighted by Gasteiger charge is 2.22. The van der Waals surface area contributed by atoms with Gasteiger partial charge in [-0.3, -0.25) is 0 Å². The van der Waals surface area contributed by atoms with E-state index in [0.29, 0.717) is 16.6 Å². The van der Waals surface area contributed by atoms with E-state index in [-0.39, 0.29) is 4.88 Å². The molecule has 0 spiro atoms. The van der Waals surface area contributed by atoms with Gasteiger partial charge in [-0.25, -0.2) is 9.78 Å². The molecule has 4 rings (SSSR count). The van der Waals surface area contributed by atoms with Crippen molar-refractivity contribution in [2.24, 2.45) is 0 Å². The van der Waals surface area contributed by atoms with Gasteiger partial charge in [0.05, 0.1) is 10.7 Å². The number of rotatable bonds is 3. The number of benzene rings is 1. The largest absolute Gasteiger partial charge is 0.477 e. The number of carbonyl (C=O) groups is 1. The summed E-state index contributed by atoms with van der Waals surface area (Å²) in [6.07, 6.45) is 6.21. The second-order valence-electron chi connectivity index (χ2n) is 6.69. The number of H-pyrrole nitrogens is 1. The summed E-state index contributed by atoms with van der Waals surface area (Å²) in [5.41, 5.74) is 3.64. The number of aryl methyl sites for hydroxylation is 1. The van der Waals surface area contributed by atoms with Gasteiger partial charge in [0, 0.05) is 28.1 Å². The summed E-state index contributed by atoms with van der Waals surface area (Å²) in [4.78, 5) is 19.5. The smallest absolute Gasteiger partial charge is 0.347 e. The first kappa shape index (κ1) is 16.6. The lowest BCUT2D eigenvalue weighted by Crippen LogP contribution is -2.05. The fourth-order valence-electron chi connectivity index (χ4n) is 3.70. The molecule has 0 amide bonds. The standard InChI is InChI=1S/C19H19ClN2O2S/c1-10-17(19(23)24)25-18(21-10)12-7-8-14-13(9-12)15(20)16(22-14)11-5-3-2-4-6-11/h7-9,11,22H,2-6H2,1H3,(H,23,24). The monoisotopic (exact) mass is 374 g/mol. The number of nitrogens with one attached hydrogen (secondary N) is 1. The van der Waals surface area contributed by atoms with Gasteiger partial charge >= 0.3 is 5.97 Å². The normalized spacial score (nSPS) is 15.8. The van der Waals surface area contributed by atoms with Crippen LogP contribution in [0.4, 0.5) is 0 Å². The van der Waals surface area contributed by atoms with Crippen LogP contribution < -0.4 is 0 Å². The van der Waals surface area contributed by atoms with Gasteiger partial charge in [-0.05, 0) is 38.0 Å². The van der Waals surface area contributed by atoms with Crippen LogP contribution in [0.1, 0.15) is 59.1 Å². The molecule has 130 valence electrons. The van der Waals surface area contributed by atoms with E-state index in [2.05, 4.69) is 9.97 Å². The summed E-state index contributed by atoms with van der Waals surface area (Å²) < 4.78 is 0. The molecule has 0 atom stereocenters. The van der Waals surface area contributed by atoms with Gasteiger partial charge in [0.2, 0.25) is 0 Å². The quantitative estimate of drug-likeness (QED) is 0.590. The fourth-order valence-corrected chi connectivity index (χ4v) is 4.96. The molecule has 6 heteroatoms. The van der Waals surface area contributed by atoms with Gasteiger partial charge in [0.25, 0.3) is 0 Å². The number of aromatic nitrogens is 2. The summed E-state index contributed by atoms with van der Waals surface area (Å²) in [6, 6.07) is 6.01. The topological polar surface area (TPSA) is 66.0 Å². The highest BCUT2D eigenvalue weighted by Crippen LogP contribution is 2.40. The highest BCUT2D eigenvalue weighted by atomic mass is 35.5. The minimum Gasteiger partial charge on any atom is -0.477 e. The van der Waals surface area contributed by atoms with Crippen molar-refractivity contribution >= 4 is 39.8 Å². The average Bonchev–Trinajstić information content (AvgIpc) is 3.16. The molecule has 0 unspecified atom stereocenters. The van der Waals surface area contributed by atoms with Crippen molar-refractivity contribution in [1.82, 2.24) is 9.97 Å². The minimum absolute atomic E-state index is 0.290. The lowest BCUT2D eigenvalue weighted by atomic mass is 9.87. The number of hydrogen-bond acceptors (Lipinski definition) is 3. The Morgan fingerprint density at radius 3 is 2.76 bits per heavy atom. The van der Waals surface area contributed by atoms with Crippen LogP contribution >= 0.6 is 22.9 Å². The first-order chi connectivity index (χ1) is 12.0. The van der Waals surface area contributed by atoms with Crippen LogP contribution in [0.5, 0.6) is 0 Å². The van der Waals surface area contributed by atoms with E-state index in [4.69, 9.17) is 11.6 Å². The zero-order valence-electron chi connectivity index (χ0n) is 13.9. The molecule has 3 aromatic rings. The van der Waals surface area contributed by atoms with E-state index in [1.54, 1.807) is 6.92 Å². The number of carboxylic acid groups (broad SMARTS) is 1. The SMILES string of the molecule is Cc1nc(-c2ccc3[nH]c(C4CCCCC4)c(Cl)c3c2)sc1C(=O)O. The molecule has 1 saturated carbocycles. The Kier molecular flexibility index (Phi) is 4.29. The Balaban J connectivity index is 1.76. The average molecular weight is 375 g/mol. The summed E-state index contributed by atoms with van der Waals surface area (Å²) in [5.74, 6) is -0.417. The molecular formula is C19H19ClN2O2S. The van der Waals surface area contributed by atoms with Gasteiger partial charge < -0.3 is 10.1 Å². The predicted molar refractivity (Wildman–Crippen MR) is 102 cm³/mol. The molecule has 1 aromatic carbocycles. The van der Waals surface area contributed by atoms with Crippen LogP contribution in [0, 0.1) is 6.92 Å². The molecule has 4 nitrogen and oxygen atoms in total. The maximum absolute atomic E-state index is 11.3.